The van der Waals surface area contributed by atoms with Gasteiger partial charge in [-0.05, 0) is 18.6 Å². The van der Waals surface area contributed by atoms with Crippen LogP contribution in [-0.2, 0) is 6.54 Å². The van der Waals surface area contributed by atoms with E-state index in [1.807, 2.05) is 25.3 Å². The minimum atomic E-state index is -0.0476. The summed E-state index contributed by atoms with van der Waals surface area (Å²) < 4.78 is 5.45. The van der Waals surface area contributed by atoms with Gasteiger partial charge >= 0.3 is 0 Å². The second kappa shape index (κ2) is 6.40. The third-order valence-electron chi connectivity index (χ3n) is 2.94. The van der Waals surface area contributed by atoms with Crippen LogP contribution in [0, 0.1) is 6.92 Å². The second-order valence-corrected chi connectivity index (χ2v) is 4.39. The van der Waals surface area contributed by atoms with Gasteiger partial charge in [0.15, 0.2) is 0 Å². The van der Waals surface area contributed by atoms with E-state index >= 15 is 0 Å². The molecule has 6 heteroatoms. The van der Waals surface area contributed by atoms with E-state index in [1.165, 1.54) is 0 Å². The summed E-state index contributed by atoms with van der Waals surface area (Å²) >= 11 is 0. The fraction of sp³-hybridized carbons (Fsp3) is 0.462. The Balaban J connectivity index is 2.11. The van der Waals surface area contributed by atoms with Crippen LogP contribution in [0.3, 0.4) is 0 Å². The van der Waals surface area contributed by atoms with Gasteiger partial charge in [-0.1, -0.05) is 6.07 Å². The first-order valence-corrected chi connectivity index (χ1v) is 6.24. The summed E-state index contributed by atoms with van der Waals surface area (Å²) in [5.74, 6) is 1.11. The predicted molar refractivity (Wildman–Crippen MR) is 69.2 cm³/mol. The van der Waals surface area contributed by atoms with E-state index < -0.39 is 0 Å². The van der Waals surface area contributed by atoms with Crippen molar-refractivity contribution >= 4 is 0 Å². The van der Waals surface area contributed by atoms with Gasteiger partial charge in [-0.2, -0.15) is 0 Å². The first-order chi connectivity index (χ1) is 9.20. The number of nitrogens with zero attached hydrogens (tertiary/aromatic N) is 4. The Morgan fingerprint density at radius 3 is 2.84 bits per heavy atom. The van der Waals surface area contributed by atoms with Gasteiger partial charge in [0, 0.05) is 32.4 Å². The Labute approximate surface area is 112 Å². The average molecular weight is 262 g/mol. The Morgan fingerprint density at radius 1 is 1.42 bits per heavy atom. The van der Waals surface area contributed by atoms with Crippen molar-refractivity contribution in [3.05, 3.63) is 41.9 Å². The minimum Gasteiger partial charge on any atom is -0.424 e. The van der Waals surface area contributed by atoms with Crippen LogP contribution in [0.2, 0.25) is 0 Å². The lowest BCUT2D eigenvalue weighted by Gasteiger charge is -2.25. The number of aliphatic hydroxyl groups excluding tert-OH is 1. The third kappa shape index (κ3) is 3.59. The fourth-order valence-corrected chi connectivity index (χ4v) is 1.90. The van der Waals surface area contributed by atoms with Crippen molar-refractivity contribution in [2.45, 2.75) is 26.4 Å². The van der Waals surface area contributed by atoms with Gasteiger partial charge in [-0.15, -0.1) is 10.2 Å². The van der Waals surface area contributed by atoms with Crippen LogP contribution in [0.1, 0.15) is 30.3 Å². The molecular formula is C13H18N4O2. The maximum atomic E-state index is 9.19. The molecule has 2 heterocycles. The Hall–Kier alpha value is -1.79. The van der Waals surface area contributed by atoms with Crippen molar-refractivity contribution in [2.75, 3.05) is 13.2 Å². The molecule has 0 spiro atoms. The van der Waals surface area contributed by atoms with Crippen molar-refractivity contribution in [2.24, 2.45) is 0 Å². The lowest BCUT2D eigenvalue weighted by Crippen LogP contribution is -2.29. The van der Waals surface area contributed by atoms with Crippen LogP contribution < -0.4 is 0 Å². The van der Waals surface area contributed by atoms with Gasteiger partial charge in [0.2, 0.25) is 11.8 Å². The van der Waals surface area contributed by atoms with Gasteiger partial charge in [0.1, 0.15) is 0 Å². The highest BCUT2D eigenvalue weighted by Crippen LogP contribution is 2.20. The topological polar surface area (TPSA) is 75.3 Å². The summed E-state index contributed by atoms with van der Waals surface area (Å²) in [5.41, 5.74) is 1.08. The molecule has 0 saturated heterocycles. The highest BCUT2D eigenvalue weighted by Gasteiger charge is 2.20. The zero-order valence-electron chi connectivity index (χ0n) is 11.2. The highest BCUT2D eigenvalue weighted by molar-refractivity contribution is 5.08. The molecule has 0 aliphatic heterocycles. The van der Waals surface area contributed by atoms with E-state index in [-0.39, 0.29) is 12.6 Å². The molecule has 1 atom stereocenters. The normalized spacial score (nSPS) is 12.8. The average Bonchev–Trinajstić information content (AvgIpc) is 2.85. The molecule has 19 heavy (non-hydrogen) atoms. The van der Waals surface area contributed by atoms with Crippen molar-refractivity contribution in [1.82, 2.24) is 20.1 Å². The number of rotatable bonds is 6. The summed E-state index contributed by atoms with van der Waals surface area (Å²) in [6, 6.07) is 3.85. The number of hydrogen-bond acceptors (Lipinski definition) is 6. The highest BCUT2D eigenvalue weighted by atomic mass is 16.4. The number of hydrogen-bond donors (Lipinski definition) is 1. The number of aliphatic hydroxyl groups is 1. The number of aromatic nitrogens is 3. The monoisotopic (exact) mass is 262 g/mol. The maximum absolute atomic E-state index is 9.19. The molecule has 2 aromatic heterocycles. The van der Waals surface area contributed by atoms with E-state index in [4.69, 9.17) is 4.42 Å². The molecule has 6 nitrogen and oxygen atoms in total. The smallest absolute Gasteiger partial charge is 0.233 e. The van der Waals surface area contributed by atoms with Gasteiger partial charge in [0.25, 0.3) is 0 Å². The molecular weight excluding hydrogens is 244 g/mol. The predicted octanol–water partition coefficient (Wildman–Crippen LogP) is 1.33. The molecule has 0 aliphatic carbocycles. The molecule has 0 aromatic carbocycles. The van der Waals surface area contributed by atoms with E-state index in [1.54, 1.807) is 13.1 Å². The number of aryl methyl sites for hydroxylation is 1. The van der Waals surface area contributed by atoms with Crippen molar-refractivity contribution in [3.63, 3.8) is 0 Å². The molecule has 2 aromatic rings. The molecule has 0 amide bonds. The molecule has 1 N–H and O–H groups in total. The molecule has 0 fully saturated rings. The van der Waals surface area contributed by atoms with Crippen molar-refractivity contribution in [1.29, 1.82) is 0 Å². The fourth-order valence-electron chi connectivity index (χ4n) is 1.90. The van der Waals surface area contributed by atoms with E-state index in [2.05, 4.69) is 20.1 Å². The zero-order chi connectivity index (χ0) is 13.7. The van der Waals surface area contributed by atoms with Crippen LogP contribution in [0.4, 0.5) is 0 Å². The van der Waals surface area contributed by atoms with E-state index in [0.29, 0.717) is 24.9 Å². The first kappa shape index (κ1) is 13.6. The van der Waals surface area contributed by atoms with E-state index in [9.17, 15) is 5.11 Å². The quantitative estimate of drug-likeness (QED) is 0.846. The SMILES string of the molecule is Cc1nnc(C(C)N(CCO)Cc2cccnc2)o1. The largest absolute Gasteiger partial charge is 0.424 e. The first-order valence-electron chi connectivity index (χ1n) is 6.24. The summed E-state index contributed by atoms with van der Waals surface area (Å²) in [4.78, 5) is 6.17. The summed E-state index contributed by atoms with van der Waals surface area (Å²) in [5, 5.41) is 17.1. The van der Waals surface area contributed by atoms with Crippen LogP contribution in [0.5, 0.6) is 0 Å². The number of pyridine rings is 1. The molecule has 0 saturated carbocycles. The molecule has 0 radical (unpaired) electrons. The van der Waals surface area contributed by atoms with E-state index in [0.717, 1.165) is 5.56 Å². The summed E-state index contributed by atoms with van der Waals surface area (Å²) in [7, 11) is 0. The Kier molecular flexibility index (Phi) is 4.59. The molecule has 0 bridgehead atoms. The summed E-state index contributed by atoms with van der Waals surface area (Å²) in [6.45, 7) is 5.05. The lowest BCUT2D eigenvalue weighted by molar-refractivity contribution is 0.134. The van der Waals surface area contributed by atoms with Crippen molar-refractivity contribution < 1.29 is 9.52 Å². The Morgan fingerprint density at radius 2 is 2.26 bits per heavy atom. The van der Waals surface area contributed by atoms with Gasteiger partial charge < -0.3 is 9.52 Å². The standard InChI is InChI=1S/C13H18N4O2/c1-10(13-16-15-11(2)19-13)17(6-7-18)9-12-4-3-5-14-8-12/h3-5,8,10,18H,6-7,9H2,1-2H3. The third-order valence-corrected chi connectivity index (χ3v) is 2.94. The minimum absolute atomic E-state index is 0.0476. The second-order valence-electron chi connectivity index (χ2n) is 4.39. The zero-order valence-corrected chi connectivity index (χ0v) is 11.2. The maximum Gasteiger partial charge on any atom is 0.233 e. The van der Waals surface area contributed by atoms with Gasteiger partial charge in [-0.25, -0.2) is 0 Å². The van der Waals surface area contributed by atoms with Crippen LogP contribution in [-0.4, -0.2) is 38.3 Å². The molecule has 0 aliphatic rings. The molecule has 102 valence electrons. The van der Waals surface area contributed by atoms with Crippen LogP contribution in [0.25, 0.3) is 0 Å². The Bertz CT molecular complexity index is 500. The molecule has 1 unspecified atom stereocenters. The molecule has 2 rings (SSSR count). The van der Waals surface area contributed by atoms with Crippen molar-refractivity contribution in [3.8, 4) is 0 Å². The lowest BCUT2D eigenvalue weighted by atomic mass is 10.2. The van der Waals surface area contributed by atoms with Gasteiger partial charge in [-0.3, -0.25) is 9.88 Å². The van der Waals surface area contributed by atoms with Crippen LogP contribution in [0.15, 0.2) is 28.9 Å². The van der Waals surface area contributed by atoms with Gasteiger partial charge in [0.05, 0.1) is 12.6 Å². The van der Waals surface area contributed by atoms with Crippen LogP contribution >= 0.6 is 0 Å². The summed E-state index contributed by atoms with van der Waals surface area (Å²) in [6.07, 6.45) is 3.56.